The molecule has 0 amide bonds. The fourth-order valence-corrected chi connectivity index (χ4v) is 0.385. The van der Waals surface area contributed by atoms with E-state index in [0.29, 0.717) is 0 Å². The van der Waals surface area contributed by atoms with Crippen molar-refractivity contribution in [3.05, 3.63) is 36.4 Å². The second kappa shape index (κ2) is 47.7. The van der Waals surface area contributed by atoms with Gasteiger partial charge in [-0.1, -0.05) is 105 Å². The quantitative estimate of drug-likeness (QED) is 0.458. The molecule has 0 heteroatoms. The van der Waals surface area contributed by atoms with Crippen LogP contribution in [0.1, 0.15) is 69.7 Å². The molecule has 0 atom stereocenters. The number of hydrogen-bond donors (Lipinski definition) is 0. The molecule has 0 N–H and O–H groups in total. The number of rotatable bonds is 0. The van der Waals surface area contributed by atoms with Crippen molar-refractivity contribution in [2.75, 3.05) is 0 Å². The van der Waals surface area contributed by atoms with Gasteiger partial charge in [0.05, 0.1) is 0 Å². The fourth-order valence-electron chi connectivity index (χ4n) is 0.385. The molecule has 0 saturated heterocycles. The maximum Gasteiger partial charge on any atom is 0 e. The number of benzene rings is 1. The highest BCUT2D eigenvalue weighted by Crippen LogP contribution is 1.79. The zero-order valence-electron chi connectivity index (χ0n) is 12.9. The molecule has 1 aromatic carbocycles. The lowest BCUT2D eigenvalue weighted by Crippen LogP contribution is -1.47. The lowest BCUT2D eigenvalue weighted by Gasteiger charge is -1.69. The van der Waals surface area contributed by atoms with E-state index in [4.69, 9.17) is 0 Å². The average molecular weight is 229 g/mol. The topological polar surface area (TPSA) is 0 Å². The normalized spacial score (nSPS) is 6.00. The van der Waals surface area contributed by atoms with Crippen molar-refractivity contribution in [1.82, 2.24) is 0 Å². The van der Waals surface area contributed by atoms with E-state index >= 15 is 0 Å². The van der Waals surface area contributed by atoms with Crippen molar-refractivity contribution in [3.8, 4) is 0 Å². The third kappa shape index (κ3) is 72.4. The van der Waals surface area contributed by atoms with Crippen molar-refractivity contribution < 1.29 is 1.43 Å². The SMILES string of the molecule is CC.CC.CCC.CCC.[2HH].c1ccccc1. The molecule has 0 spiro atoms. The van der Waals surface area contributed by atoms with Crippen LogP contribution in [-0.4, -0.2) is 0 Å². The summed E-state index contributed by atoms with van der Waals surface area (Å²) in [5, 5.41) is 0. The van der Waals surface area contributed by atoms with Gasteiger partial charge in [-0.2, -0.15) is 0 Å². The van der Waals surface area contributed by atoms with Gasteiger partial charge in [0.15, 0.2) is 0 Å². The Hall–Kier alpha value is -0.780. The molecule has 0 aromatic heterocycles. The van der Waals surface area contributed by atoms with E-state index in [1.807, 2.05) is 64.1 Å². The first-order chi connectivity index (χ1) is 7.83. The van der Waals surface area contributed by atoms with Gasteiger partial charge in [0.2, 0.25) is 0 Å². The lowest BCUT2D eigenvalue weighted by atomic mass is 10.4. The molecule has 0 radical (unpaired) electrons. The Morgan fingerprint density at radius 3 is 0.625 bits per heavy atom. The van der Waals surface area contributed by atoms with Gasteiger partial charge >= 0.3 is 0 Å². The highest BCUT2D eigenvalue weighted by molar-refractivity contribution is 4.99. The first kappa shape index (κ1) is 24.4. The molecule has 16 heavy (non-hydrogen) atoms. The summed E-state index contributed by atoms with van der Waals surface area (Å²) in [4.78, 5) is 0. The predicted octanol–water partition coefficient (Wildman–Crippen LogP) is 6.82. The van der Waals surface area contributed by atoms with E-state index in [9.17, 15) is 0 Å². The molecule has 0 aliphatic rings. The van der Waals surface area contributed by atoms with E-state index in [1.165, 1.54) is 12.8 Å². The lowest BCUT2D eigenvalue weighted by molar-refractivity contribution is 1.09. The van der Waals surface area contributed by atoms with Crippen molar-refractivity contribution in [2.24, 2.45) is 0 Å². The maximum absolute atomic E-state index is 2.12. The smallest absolute Gasteiger partial charge is 0 e. The minimum Gasteiger partial charge on any atom is -0.0683 e. The molecule has 0 saturated carbocycles. The van der Waals surface area contributed by atoms with Crippen LogP contribution >= 0.6 is 0 Å². The van der Waals surface area contributed by atoms with Gasteiger partial charge in [0, 0.05) is 1.43 Å². The van der Waals surface area contributed by atoms with E-state index in [0.717, 1.165) is 0 Å². The van der Waals surface area contributed by atoms with Gasteiger partial charge in [-0.3, -0.25) is 0 Å². The van der Waals surface area contributed by atoms with Crippen molar-refractivity contribution in [3.63, 3.8) is 0 Å². The van der Waals surface area contributed by atoms with Crippen molar-refractivity contribution in [2.45, 2.75) is 68.2 Å². The second-order valence-electron chi connectivity index (χ2n) is 2.57. The fraction of sp³-hybridized carbons (Fsp3) is 0.625. The molecular weight excluding hydrogens is 192 g/mol. The molecule has 0 aliphatic carbocycles. The molecule has 100 valence electrons. The van der Waals surface area contributed by atoms with Gasteiger partial charge in [-0.05, 0) is 0 Å². The van der Waals surface area contributed by atoms with E-state index in [-0.39, 0.29) is 1.43 Å². The Labute approximate surface area is 107 Å². The Balaban J connectivity index is -0.0000000386. The first-order valence-corrected chi connectivity index (χ1v) is 6.83. The molecule has 0 nitrogen and oxygen atoms in total. The number of hydrogen-bond acceptors (Lipinski definition) is 0. The summed E-state index contributed by atoms with van der Waals surface area (Å²) >= 11 is 0. The first-order valence-electron chi connectivity index (χ1n) is 6.83. The molecule has 0 heterocycles. The summed E-state index contributed by atoms with van der Waals surface area (Å²) in [6, 6.07) is 12.0. The van der Waals surface area contributed by atoms with E-state index in [2.05, 4.69) is 27.7 Å². The summed E-state index contributed by atoms with van der Waals surface area (Å²) in [6.07, 6.45) is 2.50. The molecule has 0 bridgehead atoms. The van der Waals surface area contributed by atoms with Crippen LogP contribution in [0.15, 0.2) is 36.4 Å². The second-order valence-corrected chi connectivity index (χ2v) is 2.57. The Morgan fingerprint density at radius 1 is 0.500 bits per heavy atom. The monoisotopic (exact) mass is 229 g/mol. The summed E-state index contributed by atoms with van der Waals surface area (Å²) < 4.78 is 0. The van der Waals surface area contributed by atoms with Crippen LogP contribution in [-0.2, 0) is 0 Å². The Morgan fingerprint density at radius 2 is 0.562 bits per heavy atom. The highest BCUT2D eigenvalue weighted by atomic mass is 13.6. The zero-order chi connectivity index (χ0) is 13.7. The standard InChI is InChI=1S/C6H6.2C3H8.2C2H6.H2/c1-2-4-6-5-3-1;2*1-3-2;2*1-2;/h1-6H;2*3H2,1-2H3;2*1-2H3;1H/i;;;;;1+1. The van der Waals surface area contributed by atoms with E-state index in [1.54, 1.807) is 0 Å². The summed E-state index contributed by atoms with van der Waals surface area (Å²) in [7, 11) is 0. The van der Waals surface area contributed by atoms with Gasteiger partial charge in [0.25, 0.3) is 0 Å². The minimum absolute atomic E-state index is 0. The minimum atomic E-state index is 0. The summed E-state index contributed by atoms with van der Waals surface area (Å²) in [6.45, 7) is 16.5. The third-order valence-electron chi connectivity index (χ3n) is 0.667. The molecular formula is C16H36. The van der Waals surface area contributed by atoms with Gasteiger partial charge < -0.3 is 0 Å². The van der Waals surface area contributed by atoms with Crippen molar-refractivity contribution >= 4 is 0 Å². The maximum atomic E-state index is 2.12. The van der Waals surface area contributed by atoms with Crippen LogP contribution in [0.2, 0.25) is 0 Å². The van der Waals surface area contributed by atoms with Crippen molar-refractivity contribution in [1.29, 1.82) is 0 Å². The molecule has 0 unspecified atom stereocenters. The highest BCUT2D eigenvalue weighted by Gasteiger charge is 1.57. The summed E-state index contributed by atoms with van der Waals surface area (Å²) in [5.74, 6) is 0. The van der Waals surface area contributed by atoms with Crippen LogP contribution in [0.5, 0.6) is 0 Å². The Bertz CT molecular complexity index is 97.5. The third-order valence-corrected chi connectivity index (χ3v) is 0.667. The van der Waals surface area contributed by atoms with Crippen LogP contribution in [0.4, 0.5) is 0 Å². The average Bonchev–Trinajstić information content (AvgIpc) is 2.38. The van der Waals surface area contributed by atoms with E-state index < -0.39 is 0 Å². The molecule has 0 aliphatic heterocycles. The molecule has 1 aromatic rings. The van der Waals surface area contributed by atoms with Gasteiger partial charge in [-0.25, -0.2) is 0 Å². The summed E-state index contributed by atoms with van der Waals surface area (Å²) in [5.41, 5.74) is 0. The van der Waals surface area contributed by atoms with Gasteiger partial charge in [-0.15, -0.1) is 0 Å². The molecule has 1 rings (SSSR count). The zero-order valence-corrected chi connectivity index (χ0v) is 12.9. The van der Waals surface area contributed by atoms with Crippen LogP contribution in [0.25, 0.3) is 0 Å². The van der Waals surface area contributed by atoms with Crippen LogP contribution in [0.3, 0.4) is 0 Å². The largest absolute Gasteiger partial charge is 0.0683 e. The molecule has 0 fully saturated rings. The van der Waals surface area contributed by atoms with Crippen LogP contribution in [0, 0.1) is 0 Å². The predicted molar refractivity (Wildman–Crippen MR) is 83.2 cm³/mol. The van der Waals surface area contributed by atoms with Crippen LogP contribution < -0.4 is 0 Å². The van der Waals surface area contributed by atoms with Gasteiger partial charge in [0.1, 0.15) is 0 Å². The Kier molecular flexibility index (Phi) is 72.8.